The van der Waals surface area contributed by atoms with Crippen LogP contribution in [0, 0.1) is 6.92 Å². The molecule has 0 saturated heterocycles. The highest BCUT2D eigenvalue weighted by Crippen LogP contribution is 2.30. The lowest BCUT2D eigenvalue weighted by atomic mass is 10.1. The molecule has 1 aliphatic heterocycles. The Hall–Kier alpha value is -3.36. The number of carbonyl (C=O) groups is 3. The molecule has 9 heteroatoms. The fraction of sp³-hybridized carbons (Fsp3) is 0.136. The first-order valence-corrected chi connectivity index (χ1v) is 10.5. The Labute approximate surface area is 186 Å². The minimum atomic E-state index is -1.21. The monoisotopic (exact) mass is 456 g/mol. The van der Waals surface area contributed by atoms with Crippen LogP contribution in [-0.2, 0) is 4.79 Å². The average molecular weight is 457 g/mol. The van der Waals surface area contributed by atoms with Gasteiger partial charge in [0.25, 0.3) is 11.8 Å². The van der Waals surface area contributed by atoms with Crippen molar-refractivity contribution in [3.63, 3.8) is 0 Å². The van der Waals surface area contributed by atoms with E-state index in [2.05, 4.69) is 5.32 Å². The van der Waals surface area contributed by atoms with Crippen LogP contribution in [0.25, 0.3) is 0 Å². The van der Waals surface area contributed by atoms with Gasteiger partial charge in [0.05, 0.1) is 9.90 Å². The van der Waals surface area contributed by atoms with Gasteiger partial charge in [-0.05, 0) is 61.0 Å². The van der Waals surface area contributed by atoms with Gasteiger partial charge in [-0.2, -0.15) is 0 Å². The maximum absolute atomic E-state index is 12.8. The summed E-state index contributed by atoms with van der Waals surface area (Å²) in [5.74, 6) is -1.39. The van der Waals surface area contributed by atoms with Crippen molar-refractivity contribution in [2.75, 3.05) is 11.6 Å². The van der Waals surface area contributed by atoms with Gasteiger partial charge in [0.2, 0.25) is 0 Å². The summed E-state index contributed by atoms with van der Waals surface area (Å²) >= 11 is 6.97. The van der Waals surface area contributed by atoms with Crippen molar-refractivity contribution in [3.05, 3.63) is 80.5 Å². The molecule has 0 saturated carbocycles. The minimum Gasteiger partial charge on any atom is -0.479 e. The number of carboxylic acid groups (broad SMARTS) is 1. The number of carboxylic acids is 1. The van der Waals surface area contributed by atoms with Crippen LogP contribution < -0.4 is 15.0 Å². The summed E-state index contributed by atoms with van der Waals surface area (Å²) in [7, 11) is 0. The first-order chi connectivity index (χ1) is 14.8. The van der Waals surface area contributed by atoms with Crippen LogP contribution in [0.3, 0.4) is 0 Å². The van der Waals surface area contributed by atoms with Crippen LogP contribution in [0.2, 0.25) is 4.34 Å². The smallest absolute Gasteiger partial charge is 0.331 e. The van der Waals surface area contributed by atoms with Crippen LogP contribution in [0.4, 0.5) is 5.69 Å². The Morgan fingerprint density at radius 3 is 2.55 bits per heavy atom. The molecule has 31 heavy (non-hydrogen) atoms. The summed E-state index contributed by atoms with van der Waals surface area (Å²) in [4.78, 5) is 38.9. The topological polar surface area (TPSA) is 95.9 Å². The van der Waals surface area contributed by atoms with Crippen LogP contribution in [-0.4, -0.2) is 29.6 Å². The normalized spacial score (nSPS) is 13.9. The van der Waals surface area contributed by atoms with Crippen LogP contribution >= 0.6 is 22.9 Å². The molecule has 2 N–H and O–H groups in total. The number of rotatable bonds is 5. The third-order valence-corrected chi connectivity index (χ3v) is 6.10. The maximum atomic E-state index is 12.8. The first-order valence-electron chi connectivity index (χ1n) is 9.28. The molecule has 2 amide bonds. The number of aliphatic carboxylic acids is 1. The highest BCUT2D eigenvalue weighted by molar-refractivity contribution is 7.16. The van der Waals surface area contributed by atoms with Crippen LogP contribution in [0.5, 0.6) is 5.75 Å². The van der Waals surface area contributed by atoms with Gasteiger partial charge >= 0.3 is 5.97 Å². The van der Waals surface area contributed by atoms with E-state index in [4.69, 9.17) is 16.3 Å². The molecule has 0 aliphatic carbocycles. The van der Waals surface area contributed by atoms with Crippen molar-refractivity contribution >= 4 is 46.4 Å². The van der Waals surface area contributed by atoms with Gasteiger partial charge in [0, 0.05) is 16.1 Å². The van der Waals surface area contributed by atoms with E-state index in [1.165, 1.54) is 17.0 Å². The average Bonchev–Trinajstić information content (AvgIpc) is 3.17. The lowest BCUT2D eigenvalue weighted by molar-refractivity contribution is -0.139. The summed E-state index contributed by atoms with van der Waals surface area (Å²) in [5.41, 5.74) is 2.30. The number of ether oxygens (including phenoxy) is 1. The number of halogens is 1. The van der Waals surface area contributed by atoms with Crippen molar-refractivity contribution in [2.45, 2.75) is 13.0 Å². The number of aryl methyl sites for hydroxylation is 1. The summed E-state index contributed by atoms with van der Waals surface area (Å²) in [5, 5.41) is 12.0. The molecule has 158 valence electrons. The largest absolute Gasteiger partial charge is 0.479 e. The number of amides is 2. The maximum Gasteiger partial charge on any atom is 0.331 e. The summed E-state index contributed by atoms with van der Waals surface area (Å²) < 4.78 is 6.14. The van der Waals surface area contributed by atoms with Crippen molar-refractivity contribution in [1.29, 1.82) is 0 Å². The number of carbonyl (C=O) groups excluding carboxylic acids is 2. The summed E-state index contributed by atoms with van der Waals surface area (Å²) in [6.07, 6.45) is 0. The minimum absolute atomic E-state index is 0.0566. The van der Waals surface area contributed by atoms with Gasteiger partial charge in [-0.1, -0.05) is 17.7 Å². The number of benzene rings is 2. The fourth-order valence-electron chi connectivity index (χ4n) is 3.20. The van der Waals surface area contributed by atoms with Crippen LogP contribution in [0.1, 0.15) is 37.2 Å². The Bertz CT molecular complexity index is 1170. The van der Waals surface area contributed by atoms with Crippen molar-refractivity contribution < 1.29 is 24.2 Å². The van der Waals surface area contributed by atoms with Gasteiger partial charge in [-0.15, -0.1) is 11.3 Å². The Morgan fingerprint density at radius 1 is 1.16 bits per heavy atom. The Morgan fingerprint density at radius 2 is 1.90 bits per heavy atom. The summed E-state index contributed by atoms with van der Waals surface area (Å²) in [6.45, 7) is 1.98. The second kappa shape index (κ2) is 8.41. The predicted octanol–water partition coefficient (Wildman–Crippen LogP) is 4.26. The standard InChI is InChI=1S/C22H17ClN2O5S/c1-12-2-7-15-16(10-12)30-11-25(21(15)27)14-5-3-13(4-6-14)20(26)24-19(22(28)29)17-8-9-18(23)31-17/h2-10,19H,11H2,1H3,(H,24,26)(H,28,29). The van der Waals surface area contributed by atoms with E-state index in [0.29, 0.717) is 26.2 Å². The molecule has 1 unspecified atom stereocenters. The predicted molar refractivity (Wildman–Crippen MR) is 117 cm³/mol. The second-order valence-corrected chi connectivity index (χ2v) is 8.69. The molecule has 0 radical (unpaired) electrons. The third-order valence-electron chi connectivity index (χ3n) is 4.80. The van der Waals surface area contributed by atoms with E-state index in [0.717, 1.165) is 16.9 Å². The second-order valence-electron chi connectivity index (χ2n) is 6.94. The van der Waals surface area contributed by atoms with Crippen molar-refractivity contribution in [2.24, 2.45) is 0 Å². The summed E-state index contributed by atoms with van der Waals surface area (Å²) in [6, 6.07) is 13.6. The number of hydrogen-bond donors (Lipinski definition) is 2. The number of nitrogens with one attached hydrogen (secondary N) is 1. The Balaban J connectivity index is 1.50. The quantitative estimate of drug-likeness (QED) is 0.598. The molecule has 4 rings (SSSR count). The van der Waals surface area contributed by atoms with E-state index in [9.17, 15) is 19.5 Å². The van der Waals surface area contributed by atoms with Crippen LogP contribution in [0.15, 0.2) is 54.6 Å². The van der Waals surface area contributed by atoms with E-state index in [1.807, 2.05) is 19.1 Å². The highest BCUT2D eigenvalue weighted by atomic mass is 35.5. The van der Waals surface area contributed by atoms with Gasteiger partial charge < -0.3 is 15.2 Å². The van der Waals surface area contributed by atoms with E-state index < -0.39 is 17.9 Å². The lowest BCUT2D eigenvalue weighted by Crippen LogP contribution is -2.38. The fourth-order valence-corrected chi connectivity index (χ4v) is 4.31. The molecule has 0 spiro atoms. The van der Waals surface area contributed by atoms with E-state index in [1.54, 1.807) is 30.3 Å². The zero-order valence-electron chi connectivity index (χ0n) is 16.3. The molecular formula is C22H17ClN2O5S. The van der Waals surface area contributed by atoms with Crippen molar-refractivity contribution in [1.82, 2.24) is 5.32 Å². The SMILES string of the molecule is Cc1ccc2c(c1)OCN(c1ccc(C(=O)NC(C(=O)O)c3ccc(Cl)s3)cc1)C2=O. The zero-order valence-corrected chi connectivity index (χ0v) is 17.9. The van der Waals surface area contributed by atoms with Gasteiger partial charge in [0.1, 0.15) is 5.75 Å². The van der Waals surface area contributed by atoms with E-state index >= 15 is 0 Å². The zero-order chi connectivity index (χ0) is 22.1. The van der Waals surface area contributed by atoms with Gasteiger partial charge in [-0.25, -0.2) is 4.79 Å². The van der Waals surface area contributed by atoms with Gasteiger partial charge in [0.15, 0.2) is 12.8 Å². The molecule has 7 nitrogen and oxygen atoms in total. The number of hydrogen-bond acceptors (Lipinski definition) is 5. The molecule has 2 aromatic carbocycles. The van der Waals surface area contributed by atoms with Crippen molar-refractivity contribution in [3.8, 4) is 5.75 Å². The number of thiophene rings is 1. The Kier molecular flexibility index (Phi) is 5.67. The molecule has 1 atom stereocenters. The number of nitrogens with zero attached hydrogens (tertiary/aromatic N) is 1. The number of fused-ring (bicyclic) bond motifs is 1. The molecule has 3 aromatic rings. The molecule has 1 aliphatic rings. The molecule has 2 heterocycles. The molecule has 1 aromatic heterocycles. The lowest BCUT2D eigenvalue weighted by Gasteiger charge is -2.29. The highest BCUT2D eigenvalue weighted by Gasteiger charge is 2.28. The molecule has 0 bridgehead atoms. The third kappa shape index (κ3) is 4.26. The molecule has 0 fully saturated rings. The molecular weight excluding hydrogens is 440 g/mol. The van der Waals surface area contributed by atoms with E-state index in [-0.39, 0.29) is 18.2 Å². The first kappa shape index (κ1) is 20.9. The number of anilines is 1. The van der Waals surface area contributed by atoms with Gasteiger partial charge in [-0.3, -0.25) is 14.5 Å².